The largest absolute Gasteiger partial charge is 5.00 e. The van der Waals surface area contributed by atoms with E-state index in [4.69, 9.17) is 0 Å². The van der Waals surface area contributed by atoms with Crippen LogP contribution in [-0.4, -0.2) is 37.7 Å². The van der Waals surface area contributed by atoms with Crippen molar-refractivity contribution in [3.8, 4) is 0 Å². The zero-order valence-electron chi connectivity index (χ0n) is 3.77. The molecule has 0 aromatic heterocycles. The molecule has 5 nitrogen and oxygen atoms in total. The van der Waals surface area contributed by atoms with Crippen LogP contribution in [-0.2, 0) is 75.6 Å². The number of hydrogen-bond donors (Lipinski definition) is 0. The summed E-state index contributed by atoms with van der Waals surface area (Å²) in [5.74, 6) is 0. The first-order valence-electron chi connectivity index (χ1n) is 0. The van der Waals surface area contributed by atoms with E-state index in [1.165, 1.54) is 0 Å². The average Bonchev–Trinajstić information content (AvgIpc) is 0. The van der Waals surface area contributed by atoms with Gasteiger partial charge in [0, 0.05) is 0 Å². The Morgan fingerprint density at radius 3 is 0.500 bits per heavy atom. The van der Waals surface area contributed by atoms with Gasteiger partial charge in [-0.3, -0.25) is 0 Å². The Morgan fingerprint density at radius 1 is 0.500 bits per heavy atom. The number of rotatable bonds is 0. The molecule has 0 saturated carbocycles. The smallest absolute Gasteiger partial charge is 2.00 e. The van der Waals surface area contributed by atoms with Crippen molar-refractivity contribution in [2.24, 2.45) is 0 Å². The molecule has 40 valence electrons. The Kier molecular flexibility index (Phi) is 1780. The van der Waals surface area contributed by atoms with Gasteiger partial charge in [0.05, 0.1) is 0 Å². The molecule has 0 aliphatic carbocycles. The molecule has 0 spiro atoms. The molecule has 0 aliphatic heterocycles. The summed E-state index contributed by atoms with van der Waals surface area (Å²) in [5, 5.41) is 0. The molecule has 0 aromatic carbocycles. The monoisotopic (exact) mass is 346 g/mol. The fraction of sp³-hybridized carbons (Fsp3) is 0. The molecular formula is CaO5ScTa. The van der Waals surface area contributed by atoms with E-state index in [1.807, 2.05) is 0 Å². The summed E-state index contributed by atoms with van der Waals surface area (Å²) in [7, 11) is 0. The summed E-state index contributed by atoms with van der Waals surface area (Å²) in [6.07, 6.45) is 0. The molecule has 0 N–H and O–H groups in total. The Labute approximate surface area is 111 Å². The first-order chi connectivity index (χ1) is 0. The van der Waals surface area contributed by atoms with Crippen LogP contribution in [0, 0.1) is 0 Å². The SMILES string of the molecule is [Ca+2].[O-2].[O-2].[O-2].[O-2].[O-2].[Sc+3].[Ta+5]. The van der Waals surface area contributed by atoms with Gasteiger partial charge >= 0.3 is 86.0 Å². The van der Waals surface area contributed by atoms with E-state index in [9.17, 15) is 0 Å². The van der Waals surface area contributed by atoms with E-state index in [-0.39, 0.29) is 113 Å². The summed E-state index contributed by atoms with van der Waals surface area (Å²) in [6, 6.07) is 0. The van der Waals surface area contributed by atoms with Crippen molar-refractivity contribution in [2.75, 3.05) is 0 Å². The molecule has 0 aromatic rings. The Morgan fingerprint density at radius 2 is 0.500 bits per heavy atom. The first kappa shape index (κ1) is 140. The Hall–Kier alpha value is 2.67. The maximum atomic E-state index is 0. The second kappa shape index (κ2) is 102. The van der Waals surface area contributed by atoms with Crippen LogP contribution in [0.1, 0.15) is 0 Å². The minimum absolute atomic E-state index is 0. The molecule has 0 heterocycles. The van der Waals surface area contributed by atoms with Crippen LogP contribution >= 0.6 is 0 Å². The third-order valence-corrected chi connectivity index (χ3v) is 0. The minimum atomic E-state index is 0. The van der Waals surface area contributed by atoms with Crippen LogP contribution < -0.4 is 0 Å². The van der Waals surface area contributed by atoms with Crippen molar-refractivity contribution in [2.45, 2.75) is 0 Å². The van der Waals surface area contributed by atoms with Gasteiger partial charge in [-0.15, -0.1) is 0 Å². The van der Waals surface area contributed by atoms with Gasteiger partial charge in [-0.2, -0.15) is 0 Å². The van der Waals surface area contributed by atoms with Crippen LogP contribution in [0.5, 0.6) is 0 Å². The molecule has 0 fully saturated rings. The predicted molar refractivity (Wildman–Crippen MR) is 9.19 cm³/mol. The summed E-state index contributed by atoms with van der Waals surface area (Å²) in [4.78, 5) is 0. The van der Waals surface area contributed by atoms with Gasteiger partial charge in [-0.25, -0.2) is 0 Å². The van der Waals surface area contributed by atoms with E-state index in [0.717, 1.165) is 0 Å². The van der Waals surface area contributed by atoms with Crippen molar-refractivity contribution in [3.05, 3.63) is 0 Å². The summed E-state index contributed by atoms with van der Waals surface area (Å²) >= 11 is 0. The molecule has 0 unspecified atom stereocenters. The molecule has 0 radical (unpaired) electrons. The van der Waals surface area contributed by atoms with Crippen molar-refractivity contribution >= 4 is 37.7 Å². The quantitative estimate of drug-likeness (QED) is 0.497. The third kappa shape index (κ3) is 71.5. The molecule has 0 amide bonds. The van der Waals surface area contributed by atoms with Gasteiger partial charge in [0.2, 0.25) is 0 Å². The average molecular weight is 346 g/mol. The molecule has 8 heavy (non-hydrogen) atoms. The standard InChI is InChI=1S/Ca.5O.Sc.Ta/q+2;5*-2;+3;+5. The fourth-order valence-electron chi connectivity index (χ4n) is 0. The van der Waals surface area contributed by atoms with Gasteiger partial charge < -0.3 is 27.4 Å². The fourth-order valence-corrected chi connectivity index (χ4v) is 0. The van der Waals surface area contributed by atoms with Crippen LogP contribution in [0.2, 0.25) is 0 Å². The normalized spacial score (nSPS) is 0. The molecule has 0 aliphatic rings. The zero-order chi connectivity index (χ0) is 0. The third-order valence-electron chi connectivity index (χ3n) is 0. The van der Waals surface area contributed by atoms with Crippen molar-refractivity contribution in [3.63, 3.8) is 0 Å². The molecule has 0 saturated heterocycles. The second-order valence-electron chi connectivity index (χ2n) is 0. The number of hydrogen-bond acceptors (Lipinski definition) is 0. The van der Waals surface area contributed by atoms with Crippen LogP contribution in [0.15, 0.2) is 0 Å². The predicted octanol–water partition coefficient (Wildman–Crippen LogP) is -0.980. The van der Waals surface area contributed by atoms with E-state index in [1.54, 1.807) is 0 Å². The molecule has 0 rings (SSSR count). The van der Waals surface area contributed by atoms with Gasteiger partial charge in [0.1, 0.15) is 0 Å². The van der Waals surface area contributed by atoms with Crippen molar-refractivity contribution < 1.29 is 75.6 Å². The molecular weight excluding hydrogens is 346 g/mol. The minimum Gasteiger partial charge on any atom is -2.00 e. The Bertz CT molecular complexity index is 12.4. The van der Waals surface area contributed by atoms with Gasteiger partial charge in [-0.05, 0) is 0 Å². The summed E-state index contributed by atoms with van der Waals surface area (Å²) in [5.41, 5.74) is 0. The van der Waals surface area contributed by atoms with E-state index in [2.05, 4.69) is 0 Å². The summed E-state index contributed by atoms with van der Waals surface area (Å²) < 4.78 is 0. The molecule has 0 bridgehead atoms. The van der Waals surface area contributed by atoms with E-state index >= 15 is 0 Å². The maximum Gasteiger partial charge on any atom is 5.00 e. The summed E-state index contributed by atoms with van der Waals surface area (Å²) in [6.45, 7) is 0. The molecule has 8 heteroatoms. The first-order valence-corrected chi connectivity index (χ1v) is 0. The van der Waals surface area contributed by atoms with Crippen LogP contribution in [0.3, 0.4) is 0 Å². The van der Waals surface area contributed by atoms with Crippen molar-refractivity contribution in [1.29, 1.82) is 0 Å². The maximum absolute atomic E-state index is 0. The van der Waals surface area contributed by atoms with Gasteiger partial charge in [-0.1, -0.05) is 0 Å². The topological polar surface area (TPSA) is 142 Å². The Balaban J connectivity index is 0. The van der Waals surface area contributed by atoms with Crippen LogP contribution in [0.25, 0.3) is 0 Å². The van der Waals surface area contributed by atoms with E-state index in [0.29, 0.717) is 0 Å². The second-order valence-corrected chi connectivity index (χ2v) is 0. The van der Waals surface area contributed by atoms with Crippen molar-refractivity contribution in [1.82, 2.24) is 0 Å². The van der Waals surface area contributed by atoms with Crippen LogP contribution in [0.4, 0.5) is 0 Å². The van der Waals surface area contributed by atoms with Gasteiger partial charge in [0.25, 0.3) is 0 Å². The molecule has 0 atom stereocenters. The zero-order valence-corrected chi connectivity index (χ0v) is 11.0. The van der Waals surface area contributed by atoms with Gasteiger partial charge in [0.15, 0.2) is 0 Å². The van der Waals surface area contributed by atoms with E-state index < -0.39 is 0 Å².